The van der Waals surface area contributed by atoms with Gasteiger partial charge in [-0.05, 0) is 12.8 Å². The molecule has 0 saturated heterocycles. The van der Waals surface area contributed by atoms with Gasteiger partial charge < -0.3 is 5.32 Å². The number of nitriles is 1. The molecule has 2 aromatic carbocycles. The van der Waals surface area contributed by atoms with Crippen molar-refractivity contribution in [3.05, 3.63) is 60.7 Å². The van der Waals surface area contributed by atoms with Crippen molar-refractivity contribution < 1.29 is 4.79 Å². The summed E-state index contributed by atoms with van der Waals surface area (Å²) in [6.45, 7) is 5.52. The third-order valence-electron chi connectivity index (χ3n) is 4.88. The van der Waals surface area contributed by atoms with E-state index in [1.807, 2.05) is 74.5 Å². The number of nitrogens with one attached hydrogen (secondary N) is 1. The number of carbonyl (C=O) groups excluding carboxylic acids is 1. The third kappa shape index (κ3) is 5.02. The molecule has 30 heavy (non-hydrogen) atoms. The zero-order valence-electron chi connectivity index (χ0n) is 17.2. The van der Waals surface area contributed by atoms with Crippen molar-refractivity contribution in [3.63, 3.8) is 0 Å². The molecule has 0 fully saturated rings. The van der Waals surface area contributed by atoms with E-state index in [4.69, 9.17) is 0 Å². The number of aromatic nitrogens is 3. The summed E-state index contributed by atoms with van der Waals surface area (Å²) in [6, 6.07) is 21.7. The van der Waals surface area contributed by atoms with Crippen LogP contribution < -0.4 is 5.32 Å². The van der Waals surface area contributed by atoms with Gasteiger partial charge in [0.1, 0.15) is 16.9 Å². The molecule has 1 unspecified atom stereocenters. The zero-order chi connectivity index (χ0) is 21.6. The Morgan fingerprint density at radius 3 is 2.13 bits per heavy atom. The van der Waals surface area contributed by atoms with Gasteiger partial charge in [0.05, 0.1) is 11.8 Å². The zero-order valence-corrected chi connectivity index (χ0v) is 18.0. The van der Waals surface area contributed by atoms with Gasteiger partial charge in [0.25, 0.3) is 0 Å². The molecule has 0 radical (unpaired) electrons. The molecule has 3 aromatic rings. The molecule has 0 aliphatic rings. The molecule has 3 rings (SSSR count). The molecular weight excluding hydrogens is 394 g/mol. The highest BCUT2D eigenvalue weighted by Gasteiger charge is 2.30. The molecule has 0 bridgehead atoms. The van der Waals surface area contributed by atoms with Gasteiger partial charge in [0.15, 0.2) is 0 Å². The normalized spacial score (nSPS) is 12.8. The van der Waals surface area contributed by atoms with Crippen molar-refractivity contribution in [2.75, 3.05) is 5.75 Å². The Hall–Kier alpha value is -3.24. The topological polar surface area (TPSA) is 91.6 Å². The summed E-state index contributed by atoms with van der Waals surface area (Å²) in [5, 5.41) is 21.2. The predicted octanol–water partition coefficient (Wildman–Crippen LogP) is 4.35. The van der Waals surface area contributed by atoms with E-state index in [1.54, 1.807) is 6.92 Å². The van der Waals surface area contributed by atoms with Crippen LogP contribution in [0.25, 0.3) is 22.5 Å². The van der Waals surface area contributed by atoms with Crippen LogP contribution in [0.15, 0.2) is 65.8 Å². The smallest absolute Gasteiger partial charge is 0.231 e. The fraction of sp³-hybridized carbons (Fsp3) is 0.261. The highest BCUT2D eigenvalue weighted by atomic mass is 32.2. The van der Waals surface area contributed by atoms with Crippen LogP contribution in [-0.2, 0) is 4.79 Å². The van der Waals surface area contributed by atoms with Crippen LogP contribution in [0.1, 0.15) is 20.8 Å². The molecule has 0 aliphatic heterocycles. The quantitative estimate of drug-likeness (QED) is 0.575. The van der Waals surface area contributed by atoms with E-state index >= 15 is 0 Å². The first kappa shape index (κ1) is 21.5. The maximum Gasteiger partial charge on any atom is 0.231 e. The Morgan fingerprint density at radius 1 is 1.03 bits per heavy atom. The Kier molecular flexibility index (Phi) is 6.80. The lowest BCUT2D eigenvalue weighted by Crippen LogP contribution is -2.49. The average Bonchev–Trinajstić information content (AvgIpc) is 2.78. The minimum absolute atomic E-state index is 0.00999. The number of nitrogens with zero attached hydrogens (tertiary/aromatic N) is 4. The summed E-state index contributed by atoms with van der Waals surface area (Å²) in [5.41, 5.74) is 2.33. The number of hydrogen-bond donors (Lipinski definition) is 1. The monoisotopic (exact) mass is 417 g/mol. The Balaban J connectivity index is 1.84. The van der Waals surface area contributed by atoms with Crippen LogP contribution in [0.3, 0.4) is 0 Å². The lowest BCUT2D eigenvalue weighted by atomic mass is 9.90. The molecule has 1 amide bonds. The van der Waals surface area contributed by atoms with Gasteiger partial charge >= 0.3 is 0 Å². The van der Waals surface area contributed by atoms with Gasteiger partial charge in [-0.2, -0.15) is 5.26 Å². The SMILES string of the molecule is CC(C)C(C)(C#N)NC(=O)CSc1nnc(-c2ccccc2)c(-c2ccccc2)n1. The molecule has 1 N–H and O–H groups in total. The summed E-state index contributed by atoms with van der Waals surface area (Å²) in [7, 11) is 0. The summed E-state index contributed by atoms with van der Waals surface area (Å²) in [6.07, 6.45) is 0. The lowest BCUT2D eigenvalue weighted by molar-refractivity contribution is -0.120. The molecule has 0 spiro atoms. The van der Waals surface area contributed by atoms with Crippen molar-refractivity contribution in [1.82, 2.24) is 20.5 Å². The van der Waals surface area contributed by atoms with E-state index in [0.29, 0.717) is 16.5 Å². The third-order valence-corrected chi connectivity index (χ3v) is 5.72. The largest absolute Gasteiger partial charge is 0.337 e. The van der Waals surface area contributed by atoms with Gasteiger partial charge in [-0.1, -0.05) is 86.3 Å². The van der Waals surface area contributed by atoms with Gasteiger partial charge in [0, 0.05) is 11.1 Å². The Labute approximate surface area is 180 Å². The molecule has 0 saturated carbocycles. The molecular formula is C23H23N5OS. The molecule has 152 valence electrons. The van der Waals surface area contributed by atoms with Crippen LogP contribution in [0.4, 0.5) is 0 Å². The van der Waals surface area contributed by atoms with E-state index < -0.39 is 5.54 Å². The van der Waals surface area contributed by atoms with Gasteiger partial charge in [-0.15, -0.1) is 10.2 Å². The molecule has 7 heteroatoms. The van der Waals surface area contributed by atoms with Crippen molar-refractivity contribution in [3.8, 4) is 28.6 Å². The fourth-order valence-electron chi connectivity index (χ4n) is 2.72. The van der Waals surface area contributed by atoms with Crippen molar-refractivity contribution in [2.24, 2.45) is 5.92 Å². The maximum absolute atomic E-state index is 12.4. The van der Waals surface area contributed by atoms with E-state index in [-0.39, 0.29) is 17.6 Å². The second-order valence-corrected chi connectivity index (χ2v) is 8.27. The number of carbonyl (C=O) groups is 1. The minimum Gasteiger partial charge on any atom is -0.337 e. The second-order valence-electron chi connectivity index (χ2n) is 7.33. The minimum atomic E-state index is -0.914. The van der Waals surface area contributed by atoms with E-state index in [2.05, 4.69) is 26.6 Å². The first-order valence-corrected chi connectivity index (χ1v) is 10.6. The Bertz CT molecular complexity index is 1050. The van der Waals surface area contributed by atoms with Gasteiger partial charge in [-0.3, -0.25) is 4.79 Å². The first-order chi connectivity index (χ1) is 14.4. The van der Waals surface area contributed by atoms with Crippen LogP contribution >= 0.6 is 11.8 Å². The number of amides is 1. The summed E-state index contributed by atoms with van der Waals surface area (Å²) in [4.78, 5) is 17.1. The molecule has 1 heterocycles. The number of thioether (sulfide) groups is 1. The molecule has 1 atom stereocenters. The molecule has 6 nitrogen and oxygen atoms in total. The number of benzene rings is 2. The fourth-order valence-corrected chi connectivity index (χ4v) is 3.30. The van der Waals surface area contributed by atoms with Crippen LogP contribution in [0.5, 0.6) is 0 Å². The van der Waals surface area contributed by atoms with E-state index in [9.17, 15) is 10.1 Å². The maximum atomic E-state index is 12.4. The van der Waals surface area contributed by atoms with Gasteiger partial charge in [-0.25, -0.2) is 4.98 Å². The van der Waals surface area contributed by atoms with Crippen molar-refractivity contribution in [1.29, 1.82) is 5.26 Å². The second kappa shape index (κ2) is 9.51. The van der Waals surface area contributed by atoms with Crippen LogP contribution in [-0.4, -0.2) is 32.4 Å². The summed E-state index contributed by atoms with van der Waals surface area (Å²) in [5.74, 6) is -0.149. The Morgan fingerprint density at radius 2 is 1.60 bits per heavy atom. The highest BCUT2D eigenvalue weighted by molar-refractivity contribution is 7.99. The summed E-state index contributed by atoms with van der Waals surface area (Å²) < 4.78 is 0. The van der Waals surface area contributed by atoms with Crippen LogP contribution in [0.2, 0.25) is 0 Å². The van der Waals surface area contributed by atoms with Gasteiger partial charge in [0.2, 0.25) is 11.1 Å². The molecule has 1 aromatic heterocycles. The average molecular weight is 418 g/mol. The lowest BCUT2D eigenvalue weighted by Gasteiger charge is -2.27. The van der Waals surface area contributed by atoms with Crippen molar-refractivity contribution in [2.45, 2.75) is 31.5 Å². The van der Waals surface area contributed by atoms with E-state index in [0.717, 1.165) is 11.1 Å². The predicted molar refractivity (Wildman–Crippen MR) is 118 cm³/mol. The molecule has 0 aliphatic carbocycles. The highest BCUT2D eigenvalue weighted by Crippen LogP contribution is 2.29. The van der Waals surface area contributed by atoms with Crippen LogP contribution in [0, 0.1) is 17.2 Å². The summed E-state index contributed by atoms with van der Waals surface area (Å²) >= 11 is 1.20. The standard InChI is InChI=1S/C23H23N5OS/c1-16(2)23(3,15-24)26-19(29)14-30-22-25-20(17-10-6-4-7-11-17)21(27-28-22)18-12-8-5-9-13-18/h4-13,16H,14H2,1-3H3,(H,26,29). The van der Waals surface area contributed by atoms with E-state index in [1.165, 1.54) is 11.8 Å². The first-order valence-electron chi connectivity index (χ1n) is 9.63. The number of hydrogen-bond acceptors (Lipinski definition) is 6. The number of rotatable bonds is 7. The van der Waals surface area contributed by atoms with Crippen molar-refractivity contribution >= 4 is 17.7 Å².